The topological polar surface area (TPSA) is 90.4 Å². The number of aliphatic hydroxyl groups is 1. The summed E-state index contributed by atoms with van der Waals surface area (Å²) in [5.74, 6) is -3.23. The molecule has 9 heteroatoms. The second-order valence-corrected chi connectivity index (χ2v) is 8.63. The highest BCUT2D eigenvalue weighted by molar-refractivity contribution is 5.87. The van der Waals surface area contributed by atoms with E-state index in [0.29, 0.717) is 17.8 Å². The van der Waals surface area contributed by atoms with Crippen LogP contribution in [0, 0.1) is 18.3 Å². The van der Waals surface area contributed by atoms with E-state index in [2.05, 4.69) is 9.84 Å². The average Bonchev–Trinajstić information content (AvgIpc) is 3.00. The molecule has 1 aliphatic rings. The maximum atomic E-state index is 14.1. The molecule has 2 atom stereocenters. The number of aryl methyl sites for hydroxylation is 1. The van der Waals surface area contributed by atoms with E-state index in [9.17, 15) is 23.1 Å². The predicted octanol–water partition coefficient (Wildman–Crippen LogP) is 4.05. The molecule has 0 fully saturated rings. The molecular formula is C22H26F3N3O3. The molecule has 0 bridgehead atoms. The number of aromatic nitrogens is 2. The Labute approximate surface area is 178 Å². The third-order valence-electron chi connectivity index (χ3n) is 5.83. The minimum Gasteiger partial charge on any atom is -0.467 e. The molecule has 0 spiro atoms. The quantitative estimate of drug-likeness (QED) is 0.705. The van der Waals surface area contributed by atoms with Crippen molar-refractivity contribution in [1.82, 2.24) is 9.78 Å². The van der Waals surface area contributed by atoms with Crippen LogP contribution in [0.3, 0.4) is 0 Å². The fourth-order valence-corrected chi connectivity index (χ4v) is 4.20. The molecule has 0 amide bonds. The molecule has 6 nitrogen and oxygen atoms in total. The molecule has 0 aliphatic heterocycles. The smallest absolute Gasteiger partial charge is 0.428 e. The zero-order valence-electron chi connectivity index (χ0n) is 17.8. The number of ether oxygens (including phenoxy) is 1. The Balaban J connectivity index is 2.23. The van der Waals surface area contributed by atoms with Gasteiger partial charge in [0, 0.05) is 11.5 Å². The lowest BCUT2D eigenvalue weighted by Crippen LogP contribution is -2.59. The summed E-state index contributed by atoms with van der Waals surface area (Å²) < 4.78 is 48.2. The maximum Gasteiger partial charge on any atom is 0.428 e. The molecule has 3 rings (SSSR count). The van der Waals surface area contributed by atoms with Gasteiger partial charge in [0.2, 0.25) is 0 Å². The van der Waals surface area contributed by atoms with Gasteiger partial charge in [0.15, 0.2) is 0 Å². The van der Waals surface area contributed by atoms with Crippen LogP contribution >= 0.6 is 0 Å². The Bertz CT molecular complexity index is 1010. The van der Waals surface area contributed by atoms with Crippen molar-refractivity contribution in [2.45, 2.75) is 45.4 Å². The van der Waals surface area contributed by atoms with Gasteiger partial charge in [-0.25, -0.2) is 9.48 Å². The van der Waals surface area contributed by atoms with Gasteiger partial charge >= 0.3 is 12.1 Å². The fraction of sp³-hybridized carbons (Fsp3) is 0.455. The average molecular weight is 437 g/mol. The van der Waals surface area contributed by atoms with Crippen molar-refractivity contribution in [2.75, 3.05) is 12.8 Å². The number of nitrogens with zero attached hydrogens (tertiary/aromatic N) is 2. The van der Waals surface area contributed by atoms with Gasteiger partial charge in [0.05, 0.1) is 18.5 Å². The van der Waals surface area contributed by atoms with Crippen LogP contribution in [-0.4, -0.2) is 39.7 Å². The first-order chi connectivity index (χ1) is 14.3. The molecule has 3 N–H and O–H groups in total. The van der Waals surface area contributed by atoms with Crippen LogP contribution in [0.1, 0.15) is 37.9 Å². The molecule has 0 saturated heterocycles. The fourth-order valence-electron chi connectivity index (χ4n) is 4.20. The molecule has 0 radical (unpaired) electrons. The number of methoxy groups -OCH3 is 1. The number of carbonyl (C=O) groups is 1. The lowest BCUT2D eigenvalue weighted by atomic mass is 9.65. The molecule has 31 heavy (non-hydrogen) atoms. The van der Waals surface area contributed by atoms with Crippen molar-refractivity contribution in [3.05, 3.63) is 47.7 Å². The van der Waals surface area contributed by atoms with Gasteiger partial charge in [-0.2, -0.15) is 18.3 Å². The number of esters is 1. The SMILES string of the molecule is COC(=O)[C@@](O)(C1CC(C)(C)CC=C1c1c(C)nn(-c2ccccc2)c1N)C(F)(F)F. The Morgan fingerprint density at radius 3 is 2.45 bits per heavy atom. The summed E-state index contributed by atoms with van der Waals surface area (Å²) in [6, 6.07) is 8.93. The highest BCUT2D eigenvalue weighted by Gasteiger charge is 2.67. The number of halogens is 3. The van der Waals surface area contributed by atoms with Crippen molar-refractivity contribution >= 4 is 17.4 Å². The van der Waals surface area contributed by atoms with Crippen molar-refractivity contribution in [1.29, 1.82) is 0 Å². The molecule has 1 aliphatic carbocycles. The zero-order chi connectivity index (χ0) is 23.2. The van der Waals surface area contributed by atoms with E-state index in [0.717, 1.165) is 7.11 Å². The Morgan fingerprint density at radius 2 is 1.90 bits per heavy atom. The molecule has 1 aromatic carbocycles. The Morgan fingerprint density at radius 1 is 1.29 bits per heavy atom. The molecule has 168 valence electrons. The van der Waals surface area contributed by atoms with E-state index in [1.807, 2.05) is 6.07 Å². The van der Waals surface area contributed by atoms with Crippen LogP contribution in [0.25, 0.3) is 11.3 Å². The number of rotatable bonds is 4. The van der Waals surface area contributed by atoms with Crippen LogP contribution in [0.2, 0.25) is 0 Å². The number of nitrogen functional groups attached to an aromatic ring is 1. The summed E-state index contributed by atoms with van der Waals surface area (Å²) in [6.07, 6.45) is -3.29. The van der Waals surface area contributed by atoms with E-state index in [1.165, 1.54) is 4.68 Å². The summed E-state index contributed by atoms with van der Waals surface area (Å²) in [7, 11) is 0.823. The first kappa shape index (κ1) is 22.9. The number of alkyl halides is 3. The molecule has 1 heterocycles. The maximum absolute atomic E-state index is 14.1. The number of hydrogen-bond donors (Lipinski definition) is 2. The molecule has 0 saturated carbocycles. The van der Waals surface area contributed by atoms with E-state index in [1.54, 1.807) is 51.1 Å². The number of carbonyl (C=O) groups excluding carboxylic acids is 1. The molecule has 2 aromatic rings. The number of anilines is 1. The third-order valence-corrected chi connectivity index (χ3v) is 5.83. The van der Waals surface area contributed by atoms with E-state index in [4.69, 9.17) is 5.73 Å². The van der Waals surface area contributed by atoms with Crippen molar-refractivity contribution in [2.24, 2.45) is 11.3 Å². The van der Waals surface area contributed by atoms with E-state index >= 15 is 0 Å². The van der Waals surface area contributed by atoms with Gasteiger partial charge in [-0.1, -0.05) is 38.1 Å². The van der Waals surface area contributed by atoms with Gasteiger partial charge in [-0.15, -0.1) is 0 Å². The normalized spacial score (nSPS) is 20.6. The largest absolute Gasteiger partial charge is 0.467 e. The lowest BCUT2D eigenvalue weighted by molar-refractivity contribution is -0.274. The first-order valence-electron chi connectivity index (χ1n) is 9.82. The Hall–Kier alpha value is -2.81. The van der Waals surface area contributed by atoms with Crippen molar-refractivity contribution < 1.29 is 27.8 Å². The molecular weight excluding hydrogens is 411 g/mol. The Kier molecular flexibility index (Phi) is 5.69. The van der Waals surface area contributed by atoms with Crippen LogP contribution < -0.4 is 5.73 Å². The van der Waals surface area contributed by atoms with Crippen molar-refractivity contribution in [3.63, 3.8) is 0 Å². The summed E-state index contributed by atoms with van der Waals surface area (Å²) in [5.41, 5.74) is 3.50. The van der Waals surface area contributed by atoms with E-state index < -0.39 is 29.1 Å². The monoisotopic (exact) mass is 437 g/mol. The standard InChI is InChI=1S/C22H26F3N3O3/c1-13-17(18(26)28(27-13)14-8-6-5-7-9-14)15-10-11-20(2,3)12-16(15)21(30,19(29)31-4)22(23,24)25/h5-10,16,30H,11-12,26H2,1-4H3/t16?,21-/m0/s1. The number of nitrogens with two attached hydrogens (primary N) is 1. The van der Waals surface area contributed by atoms with Crippen LogP contribution in [0.5, 0.6) is 0 Å². The van der Waals surface area contributed by atoms with Gasteiger partial charge in [0.25, 0.3) is 5.60 Å². The number of allylic oxidation sites excluding steroid dienone is 1. The number of para-hydroxylation sites is 1. The third kappa shape index (κ3) is 3.82. The van der Waals surface area contributed by atoms with E-state index in [-0.39, 0.29) is 23.4 Å². The highest BCUT2D eigenvalue weighted by atomic mass is 19.4. The first-order valence-corrected chi connectivity index (χ1v) is 9.82. The van der Waals surface area contributed by atoms with Gasteiger partial charge in [-0.3, -0.25) is 0 Å². The second kappa shape index (κ2) is 7.71. The predicted molar refractivity (Wildman–Crippen MR) is 110 cm³/mol. The lowest BCUT2D eigenvalue weighted by Gasteiger charge is -2.43. The number of benzene rings is 1. The number of hydrogen-bond acceptors (Lipinski definition) is 5. The summed E-state index contributed by atoms with van der Waals surface area (Å²) in [6.45, 7) is 5.20. The highest BCUT2D eigenvalue weighted by Crippen LogP contribution is 2.52. The van der Waals surface area contributed by atoms with Gasteiger partial charge in [0.1, 0.15) is 5.82 Å². The summed E-state index contributed by atoms with van der Waals surface area (Å²) in [5, 5.41) is 15.2. The molecule has 1 aromatic heterocycles. The zero-order valence-corrected chi connectivity index (χ0v) is 17.8. The van der Waals surface area contributed by atoms with Crippen LogP contribution in [0.15, 0.2) is 36.4 Å². The minimum absolute atomic E-state index is 0.0979. The van der Waals surface area contributed by atoms with Gasteiger partial charge < -0.3 is 15.6 Å². The second-order valence-electron chi connectivity index (χ2n) is 8.63. The minimum atomic E-state index is -5.25. The van der Waals surface area contributed by atoms with Crippen LogP contribution in [-0.2, 0) is 9.53 Å². The summed E-state index contributed by atoms with van der Waals surface area (Å²) >= 11 is 0. The van der Waals surface area contributed by atoms with Crippen LogP contribution in [0.4, 0.5) is 19.0 Å². The van der Waals surface area contributed by atoms with Crippen molar-refractivity contribution in [3.8, 4) is 5.69 Å². The molecule has 1 unspecified atom stereocenters. The van der Waals surface area contributed by atoms with Gasteiger partial charge in [-0.05, 0) is 42.9 Å². The summed E-state index contributed by atoms with van der Waals surface area (Å²) in [4.78, 5) is 12.3.